The second kappa shape index (κ2) is 6.15. The van der Waals surface area contributed by atoms with Crippen molar-refractivity contribution in [2.75, 3.05) is 20.3 Å². The molecule has 2 rings (SSSR count). The number of ketones is 1. The molecule has 1 aliphatic rings. The summed E-state index contributed by atoms with van der Waals surface area (Å²) in [5.74, 6) is -2.05. The summed E-state index contributed by atoms with van der Waals surface area (Å²) in [6.07, 6.45) is 0.154. The first kappa shape index (κ1) is 14.7. The molecule has 1 amide bonds. The highest BCUT2D eigenvalue weighted by molar-refractivity contribution is 7.12. The van der Waals surface area contributed by atoms with Gasteiger partial charge in [0.2, 0.25) is 5.91 Å². The van der Waals surface area contributed by atoms with Crippen molar-refractivity contribution in [3.8, 4) is 0 Å². The molecule has 1 aromatic rings. The molecule has 1 fully saturated rings. The zero-order valence-electron chi connectivity index (χ0n) is 10.9. The lowest BCUT2D eigenvalue weighted by molar-refractivity contribution is -0.149. The van der Waals surface area contributed by atoms with E-state index in [2.05, 4.69) is 0 Å². The number of carbonyl (C=O) groups excluding carboxylic acids is 2. The van der Waals surface area contributed by atoms with Gasteiger partial charge in [0.25, 0.3) is 0 Å². The molecule has 0 saturated carbocycles. The summed E-state index contributed by atoms with van der Waals surface area (Å²) in [4.78, 5) is 37.1. The van der Waals surface area contributed by atoms with Gasteiger partial charge in [-0.15, -0.1) is 11.3 Å². The standard InChI is InChI=1S/C13H15NO5S/c1-19-7-11(15)14-6-8(5-9(14)13(17)18)12(16)10-3-2-4-20-10/h2-4,8-9H,5-7H2,1H3,(H,17,18). The van der Waals surface area contributed by atoms with Crippen molar-refractivity contribution < 1.29 is 24.2 Å². The van der Waals surface area contributed by atoms with Crippen LogP contribution in [0.3, 0.4) is 0 Å². The molecule has 2 unspecified atom stereocenters. The number of Topliss-reactive ketones (excluding diaryl/α,β-unsaturated/α-hetero) is 1. The van der Waals surface area contributed by atoms with E-state index in [0.717, 1.165) is 0 Å². The maximum absolute atomic E-state index is 12.3. The normalized spacial score (nSPS) is 21.9. The molecule has 0 bridgehead atoms. The maximum Gasteiger partial charge on any atom is 0.326 e. The average molecular weight is 297 g/mol. The third-order valence-electron chi connectivity index (χ3n) is 3.31. The summed E-state index contributed by atoms with van der Waals surface area (Å²) in [5.41, 5.74) is 0. The van der Waals surface area contributed by atoms with Crippen molar-refractivity contribution in [2.24, 2.45) is 5.92 Å². The van der Waals surface area contributed by atoms with Gasteiger partial charge in [0.15, 0.2) is 5.78 Å². The number of carboxylic acid groups (broad SMARTS) is 1. The molecular weight excluding hydrogens is 282 g/mol. The monoisotopic (exact) mass is 297 g/mol. The van der Waals surface area contributed by atoms with Crippen LogP contribution in [0.15, 0.2) is 17.5 Å². The van der Waals surface area contributed by atoms with Gasteiger partial charge >= 0.3 is 5.97 Å². The molecule has 0 radical (unpaired) electrons. The lowest BCUT2D eigenvalue weighted by Crippen LogP contribution is -2.42. The Hall–Kier alpha value is -1.73. The third kappa shape index (κ3) is 2.88. The average Bonchev–Trinajstić information content (AvgIpc) is 3.07. The number of hydrogen-bond donors (Lipinski definition) is 1. The number of carbonyl (C=O) groups is 3. The molecule has 1 aliphatic heterocycles. The smallest absolute Gasteiger partial charge is 0.326 e. The Labute approximate surface area is 120 Å². The summed E-state index contributed by atoms with van der Waals surface area (Å²) in [6, 6.07) is 2.53. The van der Waals surface area contributed by atoms with Crippen LogP contribution in [-0.4, -0.2) is 54.0 Å². The van der Waals surface area contributed by atoms with E-state index in [0.29, 0.717) is 4.88 Å². The van der Waals surface area contributed by atoms with Gasteiger partial charge in [-0.25, -0.2) is 4.79 Å². The Bertz CT molecular complexity index is 513. The number of hydrogen-bond acceptors (Lipinski definition) is 5. The van der Waals surface area contributed by atoms with E-state index in [1.165, 1.54) is 23.3 Å². The molecule has 6 nitrogen and oxygen atoms in total. The highest BCUT2D eigenvalue weighted by Gasteiger charge is 2.42. The predicted octanol–water partition coefficient (Wildman–Crippen LogP) is 0.879. The molecule has 0 spiro atoms. The van der Waals surface area contributed by atoms with Crippen molar-refractivity contribution >= 4 is 29.0 Å². The summed E-state index contributed by atoms with van der Waals surface area (Å²) in [5, 5.41) is 11.0. The van der Waals surface area contributed by atoms with E-state index < -0.39 is 23.8 Å². The zero-order valence-corrected chi connectivity index (χ0v) is 11.8. The van der Waals surface area contributed by atoms with Gasteiger partial charge in [0, 0.05) is 19.6 Å². The lowest BCUT2D eigenvalue weighted by Gasteiger charge is -2.20. The number of likely N-dealkylation sites (tertiary alicyclic amines) is 1. The van der Waals surface area contributed by atoms with Gasteiger partial charge in [0.05, 0.1) is 4.88 Å². The first-order chi connectivity index (χ1) is 9.54. The van der Waals surface area contributed by atoms with Crippen molar-refractivity contribution in [1.29, 1.82) is 0 Å². The van der Waals surface area contributed by atoms with Gasteiger partial charge in [-0.2, -0.15) is 0 Å². The Kier molecular flexibility index (Phi) is 4.51. The molecule has 0 aromatic carbocycles. The second-order valence-corrected chi connectivity index (χ2v) is 5.56. The van der Waals surface area contributed by atoms with E-state index in [4.69, 9.17) is 4.74 Å². The number of ether oxygens (including phenoxy) is 1. The first-order valence-electron chi connectivity index (χ1n) is 6.13. The van der Waals surface area contributed by atoms with Crippen molar-refractivity contribution in [2.45, 2.75) is 12.5 Å². The number of carboxylic acids is 1. The number of aliphatic carboxylic acids is 1. The van der Waals surface area contributed by atoms with Crippen molar-refractivity contribution in [1.82, 2.24) is 4.90 Å². The van der Waals surface area contributed by atoms with E-state index >= 15 is 0 Å². The highest BCUT2D eigenvalue weighted by atomic mass is 32.1. The fourth-order valence-corrected chi connectivity index (χ4v) is 3.11. The molecule has 2 heterocycles. The van der Waals surface area contributed by atoms with Gasteiger partial charge in [-0.05, 0) is 17.9 Å². The van der Waals surface area contributed by atoms with Gasteiger partial charge in [0.1, 0.15) is 12.6 Å². The molecule has 2 atom stereocenters. The van der Waals surface area contributed by atoms with Crippen LogP contribution in [0.1, 0.15) is 16.1 Å². The Balaban J connectivity index is 2.13. The number of amides is 1. The summed E-state index contributed by atoms with van der Waals surface area (Å²) >= 11 is 1.32. The highest BCUT2D eigenvalue weighted by Crippen LogP contribution is 2.28. The largest absolute Gasteiger partial charge is 0.480 e. The molecule has 20 heavy (non-hydrogen) atoms. The first-order valence-corrected chi connectivity index (χ1v) is 7.01. The van der Waals surface area contributed by atoms with E-state index in [1.807, 2.05) is 0 Å². The van der Waals surface area contributed by atoms with Crippen LogP contribution < -0.4 is 0 Å². The second-order valence-electron chi connectivity index (χ2n) is 4.61. The minimum Gasteiger partial charge on any atom is -0.480 e. The van der Waals surface area contributed by atoms with Crippen LogP contribution in [0.5, 0.6) is 0 Å². The van der Waals surface area contributed by atoms with Gasteiger partial charge < -0.3 is 14.7 Å². The number of nitrogens with zero attached hydrogens (tertiary/aromatic N) is 1. The number of methoxy groups -OCH3 is 1. The van der Waals surface area contributed by atoms with E-state index in [1.54, 1.807) is 17.5 Å². The van der Waals surface area contributed by atoms with Gasteiger partial charge in [-0.3, -0.25) is 9.59 Å². The predicted molar refractivity (Wildman–Crippen MR) is 71.8 cm³/mol. The Morgan fingerprint density at radius 2 is 2.25 bits per heavy atom. The van der Waals surface area contributed by atoms with E-state index in [-0.39, 0.29) is 25.4 Å². The van der Waals surface area contributed by atoms with Crippen LogP contribution >= 0.6 is 11.3 Å². The summed E-state index contributed by atoms with van der Waals surface area (Å²) in [6.45, 7) is -0.0421. The number of rotatable bonds is 5. The summed E-state index contributed by atoms with van der Waals surface area (Å²) in [7, 11) is 1.37. The minimum atomic E-state index is -1.09. The number of thiophene rings is 1. The van der Waals surface area contributed by atoms with Crippen LogP contribution in [0.4, 0.5) is 0 Å². The van der Waals surface area contributed by atoms with Crippen LogP contribution in [-0.2, 0) is 14.3 Å². The molecule has 1 N–H and O–H groups in total. The fourth-order valence-electron chi connectivity index (χ4n) is 2.36. The lowest BCUT2D eigenvalue weighted by atomic mass is 9.99. The maximum atomic E-state index is 12.3. The molecule has 0 aliphatic carbocycles. The zero-order chi connectivity index (χ0) is 14.7. The van der Waals surface area contributed by atoms with Crippen molar-refractivity contribution in [3.63, 3.8) is 0 Å². The summed E-state index contributed by atoms with van der Waals surface area (Å²) < 4.78 is 4.75. The van der Waals surface area contributed by atoms with E-state index in [9.17, 15) is 19.5 Å². The topological polar surface area (TPSA) is 83.9 Å². The fraction of sp³-hybridized carbons (Fsp3) is 0.462. The van der Waals surface area contributed by atoms with Crippen LogP contribution in [0, 0.1) is 5.92 Å². The third-order valence-corrected chi connectivity index (χ3v) is 4.19. The molecule has 1 saturated heterocycles. The van der Waals surface area contributed by atoms with Crippen LogP contribution in [0.2, 0.25) is 0 Å². The Morgan fingerprint density at radius 1 is 1.50 bits per heavy atom. The molecule has 1 aromatic heterocycles. The quantitative estimate of drug-likeness (QED) is 0.816. The SMILES string of the molecule is COCC(=O)N1CC(C(=O)c2cccs2)CC1C(=O)O. The molecule has 7 heteroatoms. The molecule has 108 valence electrons. The van der Waals surface area contributed by atoms with Gasteiger partial charge in [-0.1, -0.05) is 6.07 Å². The van der Waals surface area contributed by atoms with Crippen molar-refractivity contribution in [3.05, 3.63) is 22.4 Å². The Morgan fingerprint density at radius 3 is 2.80 bits per heavy atom. The molecular formula is C13H15NO5S. The minimum absolute atomic E-state index is 0.0982. The van der Waals surface area contributed by atoms with Crippen LogP contribution in [0.25, 0.3) is 0 Å².